The molecule has 1 heterocycles. The largest absolute Gasteiger partial charge is 0.326 e. The minimum absolute atomic E-state index is 0.202. The average molecular weight is 337 g/mol. The molecule has 1 aliphatic carbocycles. The fourth-order valence-electron chi connectivity index (χ4n) is 3.44. The summed E-state index contributed by atoms with van der Waals surface area (Å²) in [6.45, 7) is 6.22. The van der Waals surface area contributed by atoms with Crippen molar-refractivity contribution in [2.45, 2.75) is 33.1 Å². The Hall–Kier alpha value is -0.870. The van der Waals surface area contributed by atoms with Gasteiger partial charge >= 0.3 is 0 Å². The number of rotatable bonds is 2. The number of piperidine rings is 1. The zero-order valence-corrected chi connectivity index (χ0v) is 13.6. The fraction of sp³-hybridized carbons (Fsp3) is 0.562. The maximum Gasteiger partial charge on any atom is 0.228 e. The Balaban J connectivity index is 1.68. The minimum atomic E-state index is 0.202. The van der Waals surface area contributed by atoms with E-state index in [4.69, 9.17) is 0 Å². The van der Waals surface area contributed by atoms with Gasteiger partial charge in [-0.15, -0.1) is 0 Å². The summed E-state index contributed by atoms with van der Waals surface area (Å²) >= 11 is 3.56. The Bertz CT molecular complexity index is 526. The van der Waals surface area contributed by atoms with E-state index in [-0.39, 0.29) is 11.8 Å². The van der Waals surface area contributed by atoms with Gasteiger partial charge in [-0.3, -0.25) is 4.79 Å². The molecule has 3 nitrogen and oxygen atoms in total. The molecule has 1 amide bonds. The number of hydrogen-bond acceptors (Lipinski definition) is 2. The van der Waals surface area contributed by atoms with Gasteiger partial charge < -0.3 is 10.6 Å². The van der Waals surface area contributed by atoms with Crippen molar-refractivity contribution in [1.82, 2.24) is 5.32 Å². The maximum absolute atomic E-state index is 12.4. The second kappa shape index (κ2) is 5.15. The van der Waals surface area contributed by atoms with Crippen molar-refractivity contribution in [3.63, 3.8) is 0 Å². The van der Waals surface area contributed by atoms with Crippen LogP contribution in [0, 0.1) is 25.2 Å². The molecule has 1 saturated carbocycles. The van der Waals surface area contributed by atoms with Crippen LogP contribution in [0.4, 0.5) is 5.69 Å². The van der Waals surface area contributed by atoms with Crippen molar-refractivity contribution in [3.05, 3.63) is 27.7 Å². The highest BCUT2D eigenvalue weighted by atomic mass is 79.9. The van der Waals surface area contributed by atoms with E-state index in [1.807, 2.05) is 12.1 Å². The van der Waals surface area contributed by atoms with Gasteiger partial charge in [-0.25, -0.2) is 0 Å². The van der Waals surface area contributed by atoms with E-state index in [0.717, 1.165) is 53.6 Å². The highest BCUT2D eigenvalue weighted by molar-refractivity contribution is 9.10. The molecule has 2 aliphatic rings. The van der Waals surface area contributed by atoms with Crippen LogP contribution in [0.1, 0.15) is 30.4 Å². The Morgan fingerprint density at radius 3 is 2.50 bits per heavy atom. The lowest BCUT2D eigenvalue weighted by Gasteiger charge is -2.23. The predicted molar refractivity (Wildman–Crippen MR) is 84.9 cm³/mol. The lowest BCUT2D eigenvalue weighted by atomic mass is 9.92. The van der Waals surface area contributed by atoms with Crippen molar-refractivity contribution in [1.29, 1.82) is 0 Å². The molecule has 1 unspecified atom stereocenters. The van der Waals surface area contributed by atoms with E-state index in [0.29, 0.717) is 5.41 Å². The summed E-state index contributed by atoms with van der Waals surface area (Å²) in [6.07, 6.45) is 3.35. The molecule has 2 fully saturated rings. The number of nitrogens with one attached hydrogen (secondary N) is 2. The van der Waals surface area contributed by atoms with E-state index in [9.17, 15) is 4.79 Å². The summed E-state index contributed by atoms with van der Waals surface area (Å²) in [5.74, 6) is 0.418. The zero-order valence-electron chi connectivity index (χ0n) is 12.1. The Morgan fingerprint density at radius 1 is 1.30 bits per heavy atom. The highest BCUT2D eigenvalue weighted by Gasteiger charge is 2.57. The zero-order chi connectivity index (χ0) is 14.3. The van der Waals surface area contributed by atoms with Gasteiger partial charge in [0.2, 0.25) is 5.91 Å². The number of benzene rings is 1. The number of carbonyl (C=O) groups is 1. The number of aryl methyl sites for hydroxylation is 2. The molecule has 4 heteroatoms. The molecule has 1 saturated heterocycles. The first-order valence-corrected chi connectivity index (χ1v) is 8.09. The highest BCUT2D eigenvalue weighted by Crippen LogP contribution is 2.58. The molecule has 1 aromatic carbocycles. The molecular weight excluding hydrogens is 316 g/mol. The lowest BCUT2D eigenvalue weighted by molar-refractivity contribution is -0.118. The van der Waals surface area contributed by atoms with Crippen molar-refractivity contribution in [2.75, 3.05) is 18.4 Å². The molecule has 1 spiro atoms. The van der Waals surface area contributed by atoms with Gasteiger partial charge in [0, 0.05) is 16.1 Å². The van der Waals surface area contributed by atoms with E-state index in [1.54, 1.807) is 0 Å². The molecule has 0 bridgehead atoms. The van der Waals surface area contributed by atoms with Crippen LogP contribution in [-0.2, 0) is 4.79 Å². The van der Waals surface area contributed by atoms with Crippen LogP contribution in [0.3, 0.4) is 0 Å². The van der Waals surface area contributed by atoms with Crippen molar-refractivity contribution in [2.24, 2.45) is 11.3 Å². The molecule has 1 atom stereocenters. The second-order valence-corrected chi connectivity index (χ2v) is 7.08. The normalized spacial score (nSPS) is 23.6. The smallest absolute Gasteiger partial charge is 0.228 e. The molecule has 20 heavy (non-hydrogen) atoms. The van der Waals surface area contributed by atoms with Crippen LogP contribution >= 0.6 is 15.9 Å². The fourth-order valence-corrected chi connectivity index (χ4v) is 3.67. The first kappa shape index (κ1) is 14.1. The summed E-state index contributed by atoms with van der Waals surface area (Å²) < 4.78 is 1.12. The molecule has 1 aliphatic heterocycles. The molecule has 3 rings (SSSR count). The van der Waals surface area contributed by atoms with Crippen LogP contribution in [0.15, 0.2) is 16.6 Å². The summed E-state index contributed by atoms with van der Waals surface area (Å²) in [7, 11) is 0. The number of anilines is 1. The van der Waals surface area contributed by atoms with E-state index < -0.39 is 0 Å². The maximum atomic E-state index is 12.4. The quantitative estimate of drug-likeness (QED) is 0.869. The van der Waals surface area contributed by atoms with Crippen molar-refractivity contribution in [3.8, 4) is 0 Å². The minimum Gasteiger partial charge on any atom is -0.326 e. The van der Waals surface area contributed by atoms with Gasteiger partial charge in [-0.2, -0.15) is 0 Å². The molecular formula is C16H21BrN2O. The number of amides is 1. The third-order valence-corrected chi connectivity index (χ3v) is 6.06. The Labute approximate surface area is 128 Å². The SMILES string of the molecule is Cc1cc(NC(=O)C2CC23CCNCC3)cc(C)c1Br. The molecule has 108 valence electrons. The predicted octanol–water partition coefficient (Wildman–Crippen LogP) is 3.39. The Kier molecular flexibility index (Phi) is 3.63. The topological polar surface area (TPSA) is 41.1 Å². The van der Waals surface area contributed by atoms with Gasteiger partial charge in [0.1, 0.15) is 0 Å². The van der Waals surface area contributed by atoms with Crippen LogP contribution in [0.25, 0.3) is 0 Å². The number of hydrogen-bond donors (Lipinski definition) is 2. The third kappa shape index (κ3) is 2.51. The summed E-state index contributed by atoms with van der Waals surface area (Å²) in [5, 5.41) is 6.48. The van der Waals surface area contributed by atoms with E-state index in [1.165, 1.54) is 0 Å². The van der Waals surface area contributed by atoms with Gasteiger partial charge in [-0.1, -0.05) is 15.9 Å². The molecule has 1 aromatic rings. The summed E-state index contributed by atoms with van der Waals surface area (Å²) in [4.78, 5) is 12.4. The van der Waals surface area contributed by atoms with Gasteiger partial charge in [0.15, 0.2) is 0 Å². The van der Waals surface area contributed by atoms with Gasteiger partial charge in [0.25, 0.3) is 0 Å². The van der Waals surface area contributed by atoms with Crippen molar-refractivity contribution >= 4 is 27.5 Å². The first-order chi connectivity index (χ1) is 9.52. The van der Waals surface area contributed by atoms with E-state index >= 15 is 0 Å². The van der Waals surface area contributed by atoms with Crippen LogP contribution in [0.5, 0.6) is 0 Å². The summed E-state index contributed by atoms with van der Waals surface area (Å²) in [6, 6.07) is 4.07. The van der Waals surface area contributed by atoms with E-state index in [2.05, 4.69) is 40.4 Å². The average Bonchev–Trinajstić information content (AvgIpc) is 3.10. The van der Waals surface area contributed by atoms with Crippen LogP contribution in [0.2, 0.25) is 0 Å². The molecule has 2 N–H and O–H groups in total. The standard InChI is InChI=1S/C16H21BrN2O/c1-10-7-12(8-11(2)14(10)17)19-15(20)13-9-16(13)3-5-18-6-4-16/h7-8,13,18H,3-6,9H2,1-2H3,(H,19,20). The van der Waals surface area contributed by atoms with Crippen molar-refractivity contribution < 1.29 is 4.79 Å². The third-order valence-electron chi connectivity index (χ3n) is 4.81. The Morgan fingerprint density at radius 2 is 1.90 bits per heavy atom. The van der Waals surface area contributed by atoms with Gasteiger partial charge in [0.05, 0.1) is 0 Å². The molecule has 0 radical (unpaired) electrons. The van der Waals surface area contributed by atoms with Gasteiger partial charge in [-0.05, 0) is 74.9 Å². The first-order valence-electron chi connectivity index (χ1n) is 7.30. The number of halogens is 1. The lowest BCUT2D eigenvalue weighted by Crippen LogP contribution is -2.31. The monoisotopic (exact) mass is 336 g/mol. The summed E-state index contributed by atoms with van der Waals surface area (Å²) in [5.41, 5.74) is 3.54. The molecule has 0 aromatic heterocycles. The second-order valence-electron chi connectivity index (χ2n) is 6.28. The van der Waals surface area contributed by atoms with Crippen LogP contribution < -0.4 is 10.6 Å². The number of carbonyl (C=O) groups excluding carboxylic acids is 1. The van der Waals surface area contributed by atoms with Crippen LogP contribution in [-0.4, -0.2) is 19.0 Å².